The summed E-state index contributed by atoms with van der Waals surface area (Å²) in [5.41, 5.74) is 6.37. The number of hydrogen-bond donors (Lipinski definition) is 1. The summed E-state index contributed by atoms with van der Waals surface area (Å²) in [4.78, 5) is 1.01. The van der Waals surface area contributed by atoms with E-state index >= 15 is 0 Å². The van der Waals surface area contributed by atoms with Gasteiger partial charge in [0.15, 0.2) is 0 Å². The molecule has 0 heterocycles. The van der Waals surface area contributed by atoms with Crippen molar-refractivity contribution >= 4 is 29.1 Å². The Bertz CT molecular complexity index is 280. The van der Waals surface area contributed by atoms with Crippen molar-refractivity contribution < 1.29 is 4.74 Å². The van der Waals surface area contributed by atoms with Gasteiger partial charge in [0.2, 0.25) is 0 Å². The van der Waals surface area contributed by atoms with Gasteiger partial charge in [-0.2, -0.15) is 0 Å². The summed E-state index contributed by atoms with van der Waals surface area (Å²) in [7, 11) is 1.68. The van der Waals surface area contributed by atoms with Crippen LogP contribution in [0, 0.1) is 0 Å². The predicted octanol–water partition coefficient (Wildman–Crippen LogP) is 2.66. The number of rotatable bonds is 4. The molecule has 2 nitrogen and oxygen atoms in total. The molecule has 0 saturated heterocycles. The van der Waals surface area contributed by atoms with Gasteiger partial charge in [-0.05, 0) is 18.2 Å². The van der Waals surface area contributed by atoms with Gasteiger partial charge in [0, 0.05) is 23.4 Å². The molecule has 4 heteroatoms. The highest BCUT2D eigenvalue weighted by Crippen LogP contribution is 2.28. The van der Waals surface area contributed by atoms with Crippen molar-refractivity contribution in [3.05, 3.63) is 23.2 Å². The first-order valence-corrected chi connectivity index (χ1v) is 5.27. The number of nitrogens with two attached hydrogens (primary N) is 1. The van der Waals surface area contributed by atoms with Crippen LogP contribution in [0.15, 0.2) is 23.1 Å². The maximum Gasteiger partial charge on any atom is 0.0556 e. The molecule has 2 N–H and O–H groups in total. The second kappa shape index (κ2) is 5.37. The zero-order chi connectivity index (χ0) is 9.68. The Hall–Kier alpha value is -0.380. The van der Waals surface area contributed by atoms with E-state index in [1.807, 2.05) is 12.1 Å². The van der Waals surface area contributed by atoms with E-state index in [4.69, 9.17) is 22.1 Å². The SMILES string of the molecule is COCCSc1cc(N)ccc1Cl. The van der Waals surface area contributed by atoms with E-state index in [1.165, 1.54) is 0 Å². The lowest BCUT2D eigenvalue weighted by Gasteiger charge is -2.04. The summed E-state index contributed by atoms with van der Waals surface area (Å²) in [6, 6.07) is 5.48. The smallest absolute Gasteiger partial charge is 0.0556 e. The molecule has 0 aliphatic rings. The number of nitrogen functional groups attached to an aromatic ring is 1. The van der Waals surface area contributed by atoms with Crippen LogP contribution < -0.4 is 5.73 Å². The van der Waals surface area contributed by atoms with Crippen LogP contribution in [0.2, 0.25) is 5.02 Å². The highest BCUT2D eigenvalue weighted by atomic mass is 35.5. The number of benzene rings is 1. The summed E-state index contributed by atoms with van der Waals surface area (Å²) in [6.45, 7) is 0.718. The first kappa shape index (κ1) is 10.7. The van der Waals surface area contributed by atoms with Crippen LogP contribution in [0.25, 0.3) is 0 Å². The van der Waals surface area contributed by atoms with Crippen molar-refractivity contribution in [1.82, 2.24) is 0 Å². The Kier molecular flexibility index (Phi) is 4.42. The normalized spacial score (nSPS) is 10.3. The molecule has 13 heavy (non-hydrogen) atoms. The number of anilines is 1. The summed E-state index contributed by atoms with van der Waals surface area (Å²) in [5, 5.41) is 0.746. The minimum absolute atomic E-state index is 0.718. The van der Waals surface area contributed by atoms with Gasteiger partial charge in [0.05, 0.1) is 11.6 Å². The summed E-state index contributed by atoms with van der Waals surface area (Å²) >= 11 is 7.61. The van der Waals surface area contributed by atoms with E-state index < -0.39 is 0 Å². The molecule has 0 aliphatic carbocycles. The van der Waals surface area contributed by atoms with E-state index in [0.29, 0.717) is 0 Å². The summed E-state index contributed by atoms with van der Waals surface area (Å²) < 4.78 is 4.94. The van der Waals surface area contributed by atoms with Crippen molar-refractivity contribution in [1.29, 1.82) is 0 Å². The fraction of sp³-hybridized carbons (Fsp3) is 0.333. The van der Waals surface area contributed by atoms with Crippen molar-refractivity contribution in [2.75, 3.05) is 25.2 Å². The lowest BCUT2D eigenvalue weighted by Crippen LogP contribution is -1.92. The molecule has 0 radical (unpaired) electrons. The van der Waals surface area contributed by atoms with Gasteiger partial charge in [-0.1, -0.05) is 11.6 Å². The molecule has 0 fully saturated rings. The molecule has 1 rings (SSSR count). The number of methoxy groups -OCH3 is 1. The number of hydrogen-bond acceptors (Lipinski definition) is 3. The van der Waals surface area contributed by atoms with Gasteiger partial charge in [-0.3, -0.25) is 0 Å². The minimum Gasteiger partial charge on any atom is -0.399 e. The van der Waals surface area contributed by atoms with Gasteiger partial charge >= 0.3 is 0 Å². The number of ether oxygens (including phenoxy) is 1. The third-order valence-electron chi connectivity index (χ3n) is 1.50. The van der Waals surface area contributed by atoms with E-state index in [2.05, 4.69) is 0 Å². The first-order chi connectivity index (χ1) is 6.24. The highest BCUT2D eigenvalue weighted by Gasteiger charge is 2.00. The molecule has 1 aromatic rings. The standard InChI is InChI=1S/C9H12ClNOS/c1-12-4-5-13-9-6-7(11)2-3-8(9)10/h2-3,6H,4-5,11H2,1H3. The molecule has 0 bridgehead atoms. The van der Waals surface area contributed by atoms with Crippen LogP contribution in [0.5, 0.6) is 0 Å². The molecule has 0 aromatic heterocycles. The average Bonchev–Trinajstić information content (AvgIpc) is 2.11. The number of thioether (sulfide) groups is 1. The number of halogens is 1. The van der Waals surface area contributed by atoms with Crippen molar-refractivity contribution in [3.63, 3.8) is 0 Å². The predicted molar refractivity (Wildman–Crippen MR) is 58.5 cm³/mol. The van der Waals surface area contributed by atoms with Crippen LogP contribution in [-0.2, 0) is 4.74 Å². The van der Waals surface area contributed by atoms with Gasteiger partial charge in [0.25, 0.3) is 0 Å². The Morgan fingerprint density at radius 2 is 2.31 bits per heavy atom. The molecule has 0 aliphatic heterocycles. The maximum atomic E-state index is 5.96. The van der Waals surface area contributed by atoms with Crippen LogP contribution in [-0.4, -0.2) is 19.5 Å². The van der Waals surface area contributed by atoms with E-state index in [0.717, 1.165) is 28.0 Å². The second-order valence-electron chi connectivity index (χ2n) is 2.53. The van der Waals surface area contributed by atoms with Crippen molar-refractivity contribution in [3.8, 4) is 0 Å². The summed E-state index contributed by atoms with van der Waals surface area (Å²) in [5.74, 6) is 0.889. The topological polar surface area (TPSA) is 35.2 Å². The van der Waals surface area contributed by atoms with Gasteiger partial charge in [-0.15, -0.1) is 11.8 Å². The third kappa shape index (κ3) is 3.46. The van der Waals surface area contributed by atoms with Gasteiger partial charge < -0.3 is 10.5 Å². The quantitative estimate of drug-likeness (QED) is 0.479. The Morgan fingerprint density at radius 3 is 3.00 bits per heavy atom. The molecule has 0 unspecified atom stereocenters. The van der Waals surface area contributed by atoms with E-state index in [9.17, 15) is 0 Å². The molecule has 0 atom stereocenters. The molecule has 0 saturated carbocycles. The molecule has 0 amide bonds. The van der Waals surface area contributed by atoms with Crippen molar-refractivity contribution in [2.45, 2.75) is 4.90 Å². The molecular weight excluding hydrogens is 206 g/mol. The molecule has 72 valence electrons. The average molecular weight is 218 g/mol. The fourth-order valence-electron chi connectivity index (χ4n) is 0.866. The van der Waals surface area contributed by atoms with Gasteiger partial charge in [0.1, 0.15) is 0 Å². The molecule has 1 aromatic carbocycles. The monoisotopic (exact) mass is 217 g/mol. The Morgan fingerprint density at radius 1 is 1.54 bits per heavy atom. The zero-order valence-corrected chi connectivity index (χ0v) is 8.99. The van der Waals surface area contributed by atoms with Crippen molar-refractivity contribution in [2.24, 2.45) is 0 Å². The molecule has 0 spiro atoms. The van der Waals surface area contributed by atoms with Crippen LogP contribution in [0.3, 0.4) is 0 Å². The Balaban J connectivity index is 2.59. The van der Waals surface area contributed by atoms with Gasteiger partial charge in [-0.25, -0.2) is 0 Å². The summed E-state index contributed by atoms with van der Waals surface area (Å²) in [6.07, 6.45) is 0. The minimum atomic E-state index is 0.718. The van der Waals surface area contributed by atoms with Crippen LogP contribution in [0.4, 0.5) is 5.69 Å². The lowest BCUT2D eigenvalue weighted by molar-refractivity contribution is 0.218. The van der Waals surface area contributed by atoms with Crippen LogP contribution >= 0.6 is 23.4 Å². The first-order valence-electron chi connectivity index (χ1n) is 3.91. The zero-order valence-electron chi connectivity index (χ0n) is 7.42. The highest BCUT2D eigenvalue weighted by molar-refractivity contribution is 7.99. The largest absolute Gasteiger partial charge is 0.399 e. The second-order valence-corrected chi connectivity index (χ2v) is 4.08. The third-order valence-corrected chi connectivity index (χ3v) is 2.96. The van der Waals surface area contributed by atoms with E-state index in [1.54, 1.807) is 24.9 Å². The maximum absolute atomic E-state index is 5.96. The molecular formula is C9H12ClNOS. The van der Waals surface area contributed by atoms with Crippen LogP contribution in [0.1, 0.15) is 0 Å². The Labute approximate surface area is 87.4 Å². The fourth-order valence-corrected chi connectivity index (χ4v) is 2.04. The van der Waals surface area contributed by atoms with E-state index in [-0.39, 0.29) is 0 Å². The lowest BCUT2D eigenvalue weighted by atomic mass is 10.3.